The van der Waals surface area contributed by atoms with Gasteiger partial charge in [-0.3, -0.25) is 28.8 Å². The number of hydrogen-bond donors (Lipinski definition) is 3. The first-order chi connectivity index (χ1) is 15.4. The van der Waals surface area contributed by atoms with Gasteiger partial charge in [0.2, 0.25) is 23.6 Å². The summed E-state index contributed by atoms with van der Waals surface area (Å²) in [6, 6.07) is -3.19. The average Bonchev–Trinajstić information content (AvgIpc) is 3.24. The van der Waals surface area contributed by atoms with Crippen LogP contribution in [0.25, 0.3) is 0 Å². The molecule has 1 rings (SSSR count). The molecule has 1 saturated heterocycles. The molecule has 0 aromatic carbocycles. The lowest BCUT2D eigenvalue weighted by Crippen LogP contribution is -2.56. The number of carbonyl (C=O) groups excluding carboxylic acids is 6. The Hall–Kier alpha value is -2.98. The molecular formula is C22H36N4O7. The van der Waals surface area contributed by atoms with Crippen molar-refractivity contribution >= 4 is 35.4 Å². The fraction of sp³-hybridized carbons (Fsp3) is 0.727. The summed E-state index contributed by atoms with van der Waals surface area (Å²) in [5.74, 6) is -2.65. The molecular weight excluding hydrogens is 432 g/mol. The number of esters is 1. The minimum absolute atomic E-state index is 0.0838. The van der Waals surface area contributed by atoms with Crippen molar-refractivity contribution in [3.8, 4) is 0 Å². The number of methoxy groups -OCH3 is 1. The summed E-state index contributed by atoms with van der Waals surface area (Å²) in [4.78, 5) is 74.3. The van der Waals surface area contributed by atoms with Gasteiger partial charge in [-0.2, -0.15) is 0 Å². The van der Waals surface area contributed by atoms with E-state index in [1.807, 2.05) is 13.8 Å². The molecule has 0 aromatic heterocycles. The van der Waals surface area contributed by atoms with Gasteiger partial charge < -0.3 is 25.6 Å². The molecule has 0 bridgehead atoms. The van der Waals surface area contributed by atoms with Crippen molar-refractivity contribution in [3.05, 3.63) is 0 Å². The van der Waals surface area contributed by atoms with Gasteiger partial charge in [0, 0.05) is 13.0 Å². The van der Waals surface area contributed by atoms with Crippen LogP contribution in [0.2, 0.25) is 0 Å². The topological polar surface area (TPSA) is 151 Å². The van der Waals surface area contributed by atoms with E-state index in [2.05, 4.69) is 20.7 Å². The van der Waals surface area contributed by atoms with Gasteiger partial charge in [0.25, 0.3) is 0 Å². The van der Waals surface area contributed by atoms with Crippen LogP contribution in [0.4, 0.5) is 0 Å². The standard InChI is InChI=1S/C22H36N4O7/c1-12(2)19(15(5)27)25-21(31)16-8-7-11-26(16)22(32)14(4)24-20(30)13(3)23-17(28)9-10-18(29)33-6/h12-14,16,19H,7-11H2,1-6H3,(H,23,28)(H,24,30)(H,25,31). The van der Waals surface area contributed by atoms with Crippen LogP contribution in [0.3, 0.4) is 0 Å². The Labute approximate surface area is 194 Å². The summed E-state index contributed by atoms with van der Waals surface area (Å²) in [5.41, 5.74) is 0. The second kappa shape index (κ2) is 12.9. The van der Waals surface area contributed by atoms with E-state index >= 15 is 0 Å². The number of ether oxygens (including phenoxy) is 1. The molecule has 0 spiro atoms. The van der Waals surface area contributed by atoms with Gasteiger partial charge in [-0.15, -0.1) is 0 Å². The molecule has 11 heteroatoms. The second-order valence-electron chi connectivity index (χ2n) is 8.63. The molecule has 1 aliphatic heterocycles. The third kappa shape index (κ3) is 8.47. The minimum atomic E-state index is -0.926. The number of nitrogens with one attached hydrogen (secondary N) is 3. The molecule has 4 amide bonds. The average molecular weight is 469 g/mol. The van der Waals surface area contributed by atoms with Gasteiger partial charge >= 0.3 is 5.97 Å². The van der Waals surface area contributed by atoms with E-state index in [-0.39, 0.29) is 30.4 Å². The minimum Gasteiger partial charge on any atom is -0.469 e. The summed E-state index contributed by atoms with van der Waals surface area (Å²) in [5, 5.41) is 7.75. The third-order valence-corrected chi connectivity index (χ3v) is 5.52. The number of likely N-dealkylation sites (tertiary alicyclic amines) is 1. The van der Waals surface area contributed by atoms with Crippen molar-refractivity contribution in [2.45, 2.75) is 84.5 Å². The van der Waals surface area contributed by atoms with E-state index in [4.69, 9.17) is 0 Å². The van der Waals surface area contributed by atoms with Gasteiger partial charge in [-0.25, -0.2) is 0 Å². The fourth-order valence-corrected chi connectivity index (χ4v) is 3.64. The van der Waals surface area contributed by atoms with Crippen LogP contribution in [0, 0.1) is 5.92 Å². The van der Waals surface area contributed by atoms with Gasteiger partial charge in [0.1, 0.15) is 18.1 Å². The molecule has 1 fully saturated rings. The van der Waals surface area contributed by atoms with Crippen LogP contribution in [-0.4, -0.2) is 78.1 Å². The third-order valence-electron chi connectivity index (χ3n) is 5.52. The first kappa shape index (κ1) is 28.1. The van der Waals surface area contributed by atoms with Gasteiger partial charge in [-0.1, -0.05) is 13.8 Å². The Bertz CT molecular complexity index is 768. The normalized spacial score (nSPS) is 18.2. The maximum atomic E-state index is 12.9. The van der Waals surface area contributed by atoms with Crippen LogP contribution < -0.4 is 16.0 Å². The summed E-state index contributed by atoms with van der Waals surface area (Å²) >= 11 is 0. The number of hydrogen-bond acceptors (Lipinski definition) is 7. The van der Waals surface area contributed by atoms with Gasteiger partial charge in [0.15, 0.2) is 5.78 Å². The highest BCUT2D eigenvalue weighted by Crippen LogP contribution is 2.19. The van der Waals surface area contributed by atoms with Crippen LogP contribution in [0.15, 0.2) is 0 Å². The van der Waals surface area contributed by atoms with Gasteiger partial charge in [0.05, 0.1) is 19.6 Å². The second-order valence-corrected chi connectivity index (χ2v) is 8.63. The fourth-order valence-electron chi connectivity index (χ4n) is 3.64. The molecule has 11 nitrogen and oxygen atoms in total. The summed E-state index contributed by atoms with van der Waals surface area (Å²) in [6.07, 6.45) is 0.865. The quantitative estimate of drug-likeness (QED) is 0.351. The highest BCUT2D eigenvalue weighted by atomic mass is 16.5. The number of ketones is 1. The number of carbonyl (C=O) groups is 6. The molecule has 186 valence electrons. The molecule has 0 aromatic rings. The Balaban J connectivity index is 2.66. The van der Waals surface area contributed by atoms with Crippen LogP contribution >= 0.6 is 0 Å². The summed E-state index contributed by atoms with van der Waals surface area (Å²) < 4.78 is 4.47. The van der Waals surface area contributed by atoms with Crippen molar-refractivity contribution < 1.29 is 33.5 Å². The van der Waals surface area contributed by atoms with Crippen LogP contribution in [0.1, 0.15) is 60.3 Å². The Morgan fingerprint density at radius 2 is 1.58 bits per heavy atom. The maximum absolute atomic E-state index is 12.9. The van der Waals surface area contributed by atoms with E-state index in [0.717, 1.165) is 0 Å². The first-order valence-corrected chi connectivity index (χ1v) is 11.2. The van der Waals surface area contributed by atoms with Crippen molar-refractivity contribution in [2.75, 3.05) is 13.7 Å². The smallest absolute Gasteiger partial charge is 0.306 e. The number of amides is 4. The molecule has 0 aliphatic carbocycles. The zero-order valence-electron chi connectivity index (χ0n) is 20.2. The Kier molecular flexibility index (Phi) is 11.0. The Morgan fingerprint density at radius 3 is 2.12 bits per heavy atom. The molecule has 4 unspecified atom stereocenters. The number of nitrogens with zero attached hydrogens (tertiary/aromatic N) is 1. The number of rotatable bonds is 11. The monoisotopic (exact) mass is 468 g/mol. The highest BCUT2D eigenvalue weighted by Gasteiger charge is 2.38. The van der Waals surface area contributed by atoms with Crippen molar-refractivity contribution in [2.24, 2.45) is 5.92 Å². The summed E-state index contributed by atoms with van der Waals surface area (Å²) in [6.45, 7) is 8.40. The molecule has 1 heterocycles. The molecule has 3 N–H and O–H groups in total. The SMILES string of the molecule is COC(=O)CCC(=O)NC(C)C(=O)NC(C)C(=O)N1CCCC1C(=O)NC(C(C)=O)C(C)C. The first-order valence-electron chi connectivity index (χ1n) is 11.2. The van der Waals surface area contributed by atoms with E-state index in [9.17, 15) is 28.8 Å². The van der Waals surface area contributed by atoms with Gasteiger partial charge in [-0.05, 0) is 39.5 Å². The zero-order valence-corrected chi connectivity index (χ0v) is 20.2. The van der Waals surface area contributed by atoms with E-state index in [0.29, 0.717) is 19.4 Å². The lowest BCUT2D eigenvalue weighted by Gasteiger charge is -2.29. The molecule has 0 radical (unpaired) electrons. The zero-order chi connectivity index (χ0) is 25.3. The number of Topliss-reactive ketones (excluding diaryl/α,β-unsaturated/α-hetero) is 1. The van der Waals surface area contributed by atoms with Crippen molar-refractivity contribution in [1.82, 2.24) is 20.9 Å². The maximum Gasteiger partial charge on any atom is 0.306 e. The van der Waals surface area contributed by atoms with Crippen molar-refractivity contribution in [3.63, 3.8) is 0 Å². The predicted molar refractivity (Wildman–Crippen MR) is 119 cm³/mol. The largest absolute Gasteiger partial charge is 0.469 e. The lowest BCUT2D eigenvalue weighted by molar-refractivity contribution is -0.142. The van der Waals surface area contributed by atoms with E-state index in [1.54, 1.807) is 0 Å². The highest BCUT2D eigenvalue weighted by molar-refractivity contribution is 5.95. The van der Waals surface area contributed by atoms with Crippen LogP contribution in [-0.2, 0) is 33.5 Å². The molecule has 0 saturated carbocycles. The van der Waals surface area contributed by atoms with Crippen molar-refractivity contribution in [1.29, 1.82) is 0 Å². The van der Waals surface area contributed by atoms with E-state index < -0.39 is 47.9 Å². The van der Waals surface area contributed by atoms with E-state index in [1.165, 1.54) is 32.8 Å². The lowest BCUT2D eigenvalue weighted by atomic mass is 10.00. The molecule has 4 atom stereocenters. The van der Waals surface area contributed by atoms with Crippen LogP contribution in [0.5, 0.6) is 0 Å². The summed E-state index contributed by atoms with van der Waals surface area (Å²) in [7, 11) is 1.22. The Morgan fingerprint density at radius 1 is 0.939 bits per heavy atom. The predicted octanol–water partition coefficient (Wildman–Crippen LogP) is -0.330. The molecule has 1 aliphatic rings. The molecule has 33 heavy (non-hydrogen) atoms.